The van der Waals surface area contributed by atoms with Crippen LogP contribution < -0.4 is 10.6 Å². The second kappa shape index (κ2) is 6.78. The predicted octanol–water partition coefficient (Wildman–Crippen LogP) is 2.59. The Hall–Kier alpha value is -1.30. The smallest absolute Gasteiger partial charge is 0.321 e. The van der Waals surface area contributed by atoms with Crippen LogP contribution in [0.4, 0.5) is 4.79 Å². The van der Waals surface area contributed by atoms with Crippen LogP contribution in [-0.2, 0) is 14.3 Å². The number of rotatable bonds is 5. The maximum Gasteiger partial charge on any atom is 0.321 e. The van der Waals surface area contributed by atoms with Crippen LogP contribution >= 0.6 is 11.6 Å². The highest BCUT2D eigenvalue weighted by Crippen LogP contribution is 2.64. The number of nitrogens with one attached hydrogen (secondary N) is 2. The average molecular weight is 371 g/mol. The van der Waals surface area contributed by atoms with Crippen molar-refractivity contribution < 1.29 is 19.1 Å². The van der Waals surface area contributed by atoms with E-state index in [1.54, 1.807) is 0 Å². The monoisotopic (exact) mass is 370 g/mol. The van der Waals surface area contributed by atoms with E-state index in [1.807, 2.05) is 13.8 Å². The fraction of sp³-hybridized carbons (Fsp3) is 0.833. The Labute approximate surface area is 153 Å². The largest absolute Gasteiger partial charge is 0.455 e. The van der Waals surface area contributed by atoms with Crippen LogP contribution in [0.1, 0.15) is 52.4 Å². The molecule has 3 amide bonds. The van der Waals surface area contributed by atoms with Crippen molar-refractivity contribution in [3.63, 3.8) is 0 Å². The molecule has 4 atom stereocenters. The summed E-state index contributed by atoms with van der Waals surface area (Å²) >= 11 is 6.72. The molecule has 4 fully saturated rings. The van der Waals surface area contributed by atoms with E-state index < -0.39 is 24.0 Å². The van der Waals surface area contributed by atoms with E-state index in [-0.39, 0.29) is 16.8 Å². The minimum Gasteiger partial charge on any atom is -0.455 e. The normalized spacial score (nSPS) is 35.5. The highest BCUT2D eigenvalue weighted by Gasteiger charge is 2.60. The van der Waals surface area contributed by atoms with Crippen molar-refractivity contribution in [2.24, 2.45) is 23.2 Å². The molecule has 0 heterocycles. The van der Waals surface area contributed by atoms with E-state index >= 15 is 0 Å². The molecule has 6 nitrogen and oxygen atoms in total. The third-order valence-corrected chi connectivity index (χ3v) is 6.12. The minimum absolute atomic E-state index is 0.276. The molecule has 4 saturated carbocycles. The number of urea groups is 1. The number of ether oxygens (including phenoxy) is 1. The second-order valence-electron chi connectivity index (χ2n) is 8.62. The lowest BCUT2D eigenvalue weighted by Crippen LogP contribution is -2.56. The molecule has 0 spiro atoms. The number of hydrogen-bond acceptors (Lipinski definition) is 4. The van der Waals surface area contributed by atoms with Crippen molar-refractivity contribution in [2.45, 2.75) is 57.2 Å². The summed E-state index contributed by atoms with van der Waals surface area (Å²) in [5, 5.41) is 4.76. The molecule has 2 N–H and O–H groups in total. The van der Waals surface area contributed by atoms with Crippen molar-refractivity contribution in [3.05, 3.63) is 0 Å². The zero-order valence-corrected chi connectivity index (χ0v) is 15.7. The van der Waals surface area contributed by atoms with Crippen LogP contribution in [0.3, 0.4) is 0 Å². The third-order valence-electron chi connectivity index (χ3n) is 5.68. The van der Waals surface area contributed by atoms with Crippen LogP contribution in [0.5, 0.6) is 0 Å². The molecule has 4 aliphatic rings. The van der Waals surface area contributed by atoms with Gasteiger partial charge in [-0.1, -0.05) is 13.8 Å². The van der Waals surface area contributed by atoms with Gasteiger partial charge in [-0.15, -0.1) is 11.6 Å². The maximum atomic E-state index is 12.7. The third kappa shape index (κ3) is 4.10. The van der Waals surface area contributed by atoms with Crippen molar-refractivity contribution in [1.82, 2.24) is 10.6 Å². The summed E-state index contributed by atoms with van der Waals surface area (Å²) in [5.74, 6) is 0.325. The van der Waals surface area contributed by atoms with Gasteiger partial charge < -0.3 is 10.1 Å². The van der Waals surface area contributed by atoms with Crippen molar-refractivity contribution in [2.75, 3.05) is 13.2 Å². The number of carbonyl (C=O) groups is 3. The minimum atomic E-state index is -0.611. The highest BCUT2D eigenvalue weighted by molar-refractivity contribution is 6.24. The van der Waals surface area contributed by atoms with Gasteiger partial charge >= 0.3 is 12.0 Å². The number of amides is 3. The second-order valence-corrected chi connectivity index (χ2v) is 9.42. The van der Waals surface area contributed by atoms with Gasteiger partial charge in [-0.25, -0.2) is 4.79 Å². The molecule has 0 saturated heterocycles. The molecule has 0 aromatic heterocycles. The van der Waals surface area contributed by atoms with Gasteiger partial charge in [0.15, 0.2) is 6.61 Å². The summed E-state index contributed by atoms with van der Waals surface area (Å²) in [5.41, 5.74) is -0.536. The maximum absolute atomic E-state index is 12.7. The fourth-order valence-electron chi connectivity index (χ4n) is 5.18. The highest BCUT2D eigenvalue weighted by atomic mass is 35.5. The Morgan fingerprint density at radius 3 is 2.36 bits per heavy atom. The zero-order chi connectivity index (χ0) is 18.2. The van der Waals surface area contributed by atoms with E-state index in [0.717, 1.165) is 32.1 Å². The first kappa shape index (κ1) is 18.5. The Bertz CT molecular complexity index is 563. The molecule has 25 heavy (non-hydrogen) atoms. The lowest BCUT2D eigenvalue weighted by molar-refractivity contribution is -0.171. The zero-order valence-electron chi connectivity index (χ0n) is 14.9. The summed E-state index contributed by atoms with van der Waals surface area (Å²) < 4.78 is 5.27. The number of hydrogen-bond donors (Lipinski definition) is 2. The first-order valence-corrected chi connectivity index (χ1v) is 9.51. The molecule has 7 heteroatoms. The molecule has 0 radical (unpaired) electrons. The molecule has 2 unspecified atom stereocenters. The number of esters is 1. The van der Waals surface area contributed by atoms with E-state index in [1.165, 1.54) is 0 Å². The fourth-order valence-corrected chi connectivity index (χ4v) is 5.87. The van der Waals surface area contributed by atoms with Crippen LogP contribution in [0.25, 0.3) is 0 Å². The Morgan fingerprint density at radius 2 is 1.80 bits per heavy atom. The first-order valence-electron chi connectivity index (χ1n) is 9.14. The predicted molar refractivity (Wildman–Crippen MR) is 93.0 cm³/mol. The van der Waals surface area contributed by atoms with Crippen LogP contribution in [-0.4, -0.2) is 35.9 Å². The molecule has 0 aromatic rings. The van der Waals surface area contributed by atoms with Gasteiger partial charge in [0.2, 0.25) is 0 Å². The quantitative estimate of drug-likeness (QED) is 0.575. The average Bonchev–Trinajstić information content (AvgIpc) is 2.48. The topological polar surface area (TPSA) is 84.5 Å². The number of carbonyl (C=O) groups excluding carboxylic acids is 3. The van der Waals surface area contributed by atoms with Crippen molar-refractivity contribution in [1.29, 1.82) is 0 Å². The molecule has 140 valence electrons. The Morgan fingerprint density at radius 1 is 1.16 bits per heavy atom. The van der Waals surface area contributed by atoms with Crippen LogP contribution in [0.15, 0.2) is 0 Å². The molecule has 0 aliphatic heterocycles. The number of imide groups is 1. The summed E-state index contributed by atoms with van der Waals surface area (Å²) in [6.07, 6.45) is 5.39. The van der Waals surface area contributed by atoms with E-state index in [2.05, 4.69) is 10.6 Å². The Kier molecular flexibility index (Phi) is 5.02. The summed E-state index contributed by atoms with van der Waals surface area (Å²) in [4.78, 5) is 35.8. The SMILES string of the molecule is CC(C)CNC(=O)NC(=O)COC(=O)C12C[C@@H]3C[C@@H](CC(Cl)(C3)C1)C2. The van der Waals surface area contributed by atoms with E-state index in [9.17, 15) is 14.4 Å². The molecule has 4 rings (SSSR count). The standard InChI is InChI=1S/C18H27ClN2O4/c1-11(2)8-20-16(24)21-14(22)9-25-15(23)17-4-12-3-13(5-17)7-18(19,6-12)10-17/h11-13H,3-10H2,1-2H3,(H2,20,21,22,24)/t12-,13+,17?,18?. The summed E-state index contributed by atoms with van der Waals surface area (Å²) in [7, 11) is 0. The molecular weight excluding hydrogens is 344 g/mol. The molecule has 0 aromatic carbocycles. The summed E-state index contributed by atoms with van der Waals surface area (Å²) in [6.45, 7) is 3.96. The molecule has 4 aliphatic carbocycles. The first-order chi connectivity index (χ1) is 11.7. The lowest BCUT2D eigenvalue weighted by Gasteiger charge is -2.58. The van der Waals surface area contributed by atoms with E-state index in [0.29, 0.717) is 24.8 Å². The van der Waals surface area contributed by atoms with Crippen LogP contribution in [0, 0.1) is 23.2 Å². The van der Waals surface area contributed by atoms with Gasteiger partial charge in [-0.05, 0) is 56.3 Å². The van der Waals surface area contributed by atoms with Gasteiger partial charge in [-0.3, -0.25) is 14.9 Å². The van der Waals surface area contributed by atoms with Gasteiger partial charge in [0.1, 0.15) is 0 Å². The Balaban J connectivity index is 1.50. The van der Waals surface area contributed by atoms with Gasteiger partial charge in [0, 0.05) is 11.4 Å². The number of alkyl halides is 1. The number of halogens is 1. The van der Waals surface area contributed by atoms with Crippen LogP contribution in [0.2, 0.25) is 0 Å². The van der Waals surface area contributed by atoms with Crippen molar-refractivity contribution in [3.8, 4) is 0 Å². The lowest BCUT2D eigenvalue weighted by atomic mass is 9.49. The van der Waals surface area contributed by atoms with E-state index in [4.69, 9.17) is 16.3 Å². The molecule has 4 bridgehead atoms. The van der Waals surface area contributed by atoms with Gasteiger partial charge in [0.25, 0.3) is 5.91 Å². The summed E-state index contributed by atoms with van der Waals surface area (Å²) in [6, 6.07) is -0.565. The van der Waals surface area contributed by atoms with Gasteiger partial charge in [-0.2, -0.15) is 0 Å². The van der Waals surface area contributed by atoms with Crippen molar-refractivity contribution >= 4 is 29.5 Å². The van der Waals surface area contributed by atoms with Gasteiger partial charge in [0.05, 0.1) is 5.41 Å². The molecular formula is C18H27ClN2O4.